The smallest absolute Gasteiger partial charge is 0.263 e. The van der Waals surface area contributed by atoms with Gasteiger partial charge in [-0.2, -0.15) is 0 Å². The molecule has 7 nitrogen and oxygen atoms in total. The summed E-state index contributed by atoms with van der Waals surface area (Å²) in [6.07, 6.45) is 0.790. The molecule has 0 radical (unpaired) electrons. The van der Waals surface area contributed by atoms with Crippen molar-refractivity contribution in [2.24, 2.45) is 5.73 Å². The molecular formula is C12H20N4O3S2. The molecule has 1 aromatic heterocycles. The number of rotatable bonds is 4. The van der Waals surface area contributed by atoms with E-state index in [-0.39, 0.29) is 33.2 Å². The first-order valence-corrected chi connectivity index (χ1v) is 9.16. The van der Waals surface area contributed by atoms with Gasteiger partial charge >= 0.3 is 0 Å². The maximum absolute atomic E-state index is 12.3. The Morgan fingerprint density at radius 1 is 1.52 bits per heavy atom. The molecule has 1 amide bonds. The maximum atomic E-state index is 12.3. The van der Waals surface area contributed by atoms with Gasteiger partial charge in [-0.1, -0.05) is 6.92 Å². The summed E-state index contributed by atoms with van der Waals surface area (Å²) in [7, 11) is -2.03. The first kappa shape index (κ1) is 16.1. The number of sulfone groups is 1. The van der Waals surface area contributed by atoms with Crippen LogP contribution in [0.15, 0.2) is 4.90 Å². The molecule has 1 aliphatic rings. The first-order valence-electron chi connectivity index (χ1n) is 6.69. The number of anilines is 2. The van der Waals surface area contributed by atoms with Crippen LogP contribution in [-0.4, -0.2) is 46.3 Å². The van der Waals surface area contributed by atoms with Gasteiger partial charge in [0.1, 0.15) is 14.8 Å². The highest BCUT2D eigenvalue weighted by Crippen LogP contribution is 2.43. The number of nitrogens with zero attached hydrogens (tertiary/aromatic N) is 1. The van der Waals surface area contributed by atoms with E-state index in [1.54, 1.807) is 6.92 Å². The predicted molar refractivity (Wildman–Crippen MR) is 84.7 cm³/mol. The van der Waals surface area contributed by atoms with Gasteiger partial charge in [0.05, 0.1) is 11.4 Å². The molecule has 1 atom stereocenters. The monoisotopic (exact) mass is 332 g/mol. The summed E-state index contributed by atoms with van der Waals surface area (Å²) in [4.78, 5) is 14.1. The Bertz CT molecular complexity index is 654. The van der Waals surface area contributed by atoms with Gasteiger partial charge in [-0.25, -0.2) is 8.42 Å². The van der Waals surface area contributed by atoms with Crippen LogP contribution in [0, 0.1) is 0 Å². The van der Waals surface area contributed by atoms with E-state index in [2.05, 4.69) is 5.32 Å². The molecule has 2 rings (SSSR count). The summed E-state index contributed by atoms with van der Waals surface area (Å²) in [5.74, 6) is -0.437. The highest BCUT2D eigenvalue weighted by molar-refractivity contribution is 7.92. The summed E-state index contributed by atoms with van der Waals surface area (Å²) in [5.41, 5.74) is 11.9. The minimum atomic E-state index is -3.51. The summed E-state index contributed by atoms with van der Waals surface area (Å²) in [6.45, 7) is 2.80. The Hall–Kier alpha value is -1.32. The number of amides is 1. The lowest BCUT2D eigenvalue weighted by Gasteiger charge is -2.17. The predicted octanol–water partition coefficient (Wildman–Crippen LogP) is 0.0209. The Morgan fingerprint density at radius 3 is 2.67 bits per heavy atom. The van der Waals surface area contributed by atoms with Gasteiger partial charge < -0.3 is 21.7 Å². The molecule has 0 saturated carbocycles. The number of carbonyl (C=O) groups is 1. The van der Waals surface area contributed by atoms with Gasteiger partial charge in [-0.05, 0) is 6.42 Å². The van der Waals surface area contributed by atoms with Gasteiger partial charge in [0.2, 0.25) is 0 Å². The van der Waals surface area contributed by atoms with E-state index in [9.17, 15) is 13.2 Å². The van der Waals surface area contributed by atoms with Crippen molar-refractivity contribution in [1.82, 2.24) is 5.32 Å². The topological polar surface area (TPSA) is 119 Å². The Labute approximate surface area is 128 Å². The molecule has 118 valence electrons. The molecule has 9 heteroatoms. The minimum absolute atomic E-state index is 0.00829. The number of hydrogen-bond acceptors (Lipinski definition) is 7. The second-order valence-electron chi connectivity index (χ2n) is 4.96. The normalized spacial score (nSPS) is 19.0. The van der Waals surface area contributed by atoms with E-state index >= 15 is 0 Å². The molecule has 21 heavy (non-hydrogen) atoms. The molecule has 1 aliphatic heterocycles. The molecule has 2 heterocycles. The van der Waals surface area contributed by atoms with E-state index in [1.165, 1.54) is 7.05 Å². The van der Waals surface area contributed by atoms with Gasteiger partial charge in [-0.3, -0.25) is 4.79 Å². The zero-order valence-electron chi connectivity index (χ0n) is 12.0. The van der Waals surface area contributed by atoms with Crippen molar-refractivity contribution in [3.8, 4) is 0 Å². The number of thiophene rings is 1. The second kappa shape index (κ2) is 5.82. The molecule has 0 spiro atoms. The van der Waals surface area contributed by atoms with Gasteiger partial charge in [0.25, 0.3) is 5.91 Å². The van der Waals surface area contributed by atoms with E-state index in [0.717, 1.165) is 17.8 Å². The van der Waals surface area contributed by atoms with E-state index < -0.39 is 9.84 Å². The Balaban J connectivity index is 2.60. The van der Waals surface area contributed by atoms with E-state index in [1.807, 2.05) is 4.90 Å². The molecule has 0 aliphatic carbocycles. The Kier molecular flexibility index (Phi) is 4.45. The van der Waals surface area contributed by atoms with E-state index in [4.69, 9.17) is 11.5 Å². The molecular weight excluding hydrogens is 312 g/mol. The third kappa shape index (κ3) is 2.85. The quantitative estimate of drug-likeness (QED) is 0.715. The summed E-state index contributed by atoms with van der Waals surface area (Å²) < 4.78 is 24.7. The zero-order valence-corrected chi connectivity index (χ0v) is 13.7. The zero-order chi connectivity index (χ0) is 15.8. The van der Waals surface area contributed by atoms with Crippen LogP contribution in [-0.2, 0) is 9.84 Å². The van der Waals surface area contributed by atoms with Gasteiger partial charge in [-0.15, -0.1) is 11.3 Å². The van der Waals surface area contributed by atoms with Crippen LogP contribution < -0.4 is 21.7 Å². The van der Waals surface area contributed by atoms with Crippen LogP contribution in [0.4, 0.5) is 10.7 Å². The van der Waals surface area contributed by atoms with Crippen LogP contribution in [0.3, 0.4) is 0 Å². The molecule has 1 fully saturated rings. The minimum Gasteiger partial charge on any atom is -0.396 e. The van der Waals surface area contributed by atoms with Crippen LogP contribution >= 0.6 is 11.3 Å². The lowest BCUT2D eigenvalue weighted by atomic mass is 10.3. The summed E-state index contributed by atoms with van der Waals surface area (Å²) >= 11 is 1.11. The van der Waals surface area contributed by atoms with Crippen molar-refractivity contribution in [1.29, 1.82) is 0 Å². The number of nitrogen functional groups attached to an aromatic ring is 1. The average molecular weight is 332 g/mol. The van der Waals surface area contributed by atoms with Crippen LogP contribution in [0.5, 0.6) is 0 Å². The molecule has 0 bridgehead atoms. The second-order valence-corrected chi connectivity index (χ2v) is 8.17. The number of hydrogen-bond donors (Lipinski definition) is 3. The fourth-order valence-corrected chi connectivity index (χ4v) is 5.11. The SMILES string of the molecule is CCS(=O)(=O)c1c(N2CCC(N)C2)sc(C(=O)NC)c1N. The molecule has 1 aromatic rings. The van der Waals surface area contributed by atoms with Crippen molar-refractivity contribution in [2.75, 3.05) is 36.5 Å². The maximum Gasteiger partial charge on any atom is 0.263 e. The van der Waals surface area contributed by atoms with Gasteiger partial charge in [0, 0.05) is 26.2 Å². The first-order chi connectivity index (χ1) is 9.81. The third-order valence-electron chi connectivity index (χ3n) is 3.52. The average Bonchev–Trinajstić information content (AvgIpc) is 3.01. The molecule has 1 unspecified atom stereocenters. The highest BCUT2D eigenvalue weighted by atomic mass is 32.2. The Morgan fingerprint density at radius 2 is 2.19 bits per heavy atom. The van der Waals surface area contributed by atoms with Crippen molar-refractivity contribution >= 4 is 37.8 Å². The molecule has 0 aromatic carbocycles. The molecule has 5 N–H and O–H groups in total. The van der Waals surface area contributed by atoms with E-state index in [0.29, 0.717) is 18.1 Å². The van der Waals surface area contributed by atoms with Crippen LogP contribution in [0.1, 0.15) is 23.0 Å². The standard InChI is InChI=1S/C12H20N4O3S2/c1-3-21(18,19)10-8(14)9(11(17)15-2)20-12(10)16-5-4-7(13)6-16/h7H,3-6,13-14H2,1-2H3,(H,15,17). The lowest BCUT2D eigenvalue weighted by molar-refractivity contribution is 0.0968. The van der Waals surface area contributed by atoms with Crippen molar-refractivity contribution in [2.45, 2.75) is 24.3 Å². The fraction of sp³-hybridized carbons (Fsp3) is 0.583. The highest BCUT2D eigenvalue weighted by Gasteiger charge is 2.33. The van der Waals surface area contributed by atoms with Crippen molar-refractivity contribution < 1.29 is 13.2 Å². The summed E-state index contributed by atoms with van der Waals surface area (Å²) in [5, 5.41) is 3.01. The number of carbonyl (C=O) groups excluding carboxylic acids is 1. The fourth-order valence-electron chi connectivity index (χ4n) is 2.32. The summed E-state index contributed by atoms with van der Waals surface area (Å²) in [6, 6.07) is 0.00829. The van der Waals surface area contributed by atoms with Crippen LogP contribution in [0.25, 0.3) is 0 Å². The third-order valence-corrected chi connectivity index (χ3v) is 6.71. The number of nitrogens with one attached hydrogen (secondary N) is 1. The molecule has 1 saturated heterocycles. The van der Waals surface area contributed by atoms with Gasteiger partial charge in [0.15, 0.2) is 9.84 Å². The lowest BCUT2D eigenvalue weighted by Crippen LogP contribution is -2.26. The number of nitrogens with two attached hydrogens (primary N) is 2. The van der Waals surface area contributed by atoms with Crippen molar-refractivity contribution in [3.63, 3.8) is 0 Å². The van der Waals surface area contributed by atoms with Crippen molar-refractivity contribution in [3.05, 3.63) is 4.88 Å². The largest absolute Gasteiger partial charge is 0.396 e. The van der Waals surface area contributed by atoms with Crippen LogP contribution in [0.2, 0.25) is 0 Å².